The van der Waals surface area contributed by atoms with Crippen molar-refractivity contribution in [1.82, 2.24) is 9.80 Å². The van der Waals surface area contributed by atoms with Gasteiger partial charge in [-0.05, 0) is 17.5 Å². The van der Waals surface area contributed by atoms with Gasteiger partial charge in [0, 0.05) is 18.8 Å². The molecule has 7 heteroatoms. The summed E-state index contributed by atoms with van der Waals surface area (Å²) < 4.78 is 5.06. The second kappa shape index (κ2) is 9.55. The van der Waals surface area contributed by atoms with E-state index in [1.807, 2.05) is 72.5 Å². The molecule has 1 N–H and O–H groups in total. The number of urea groups is 1. The number of ether oxygens (including phenoxy) is 1. The van der Waals surface area contributed by atoms with E-state index in [9.17, 15) is 14.7 Å². The van der Waals surface area contributed by atoms with Crippen molar-refractivity contribution in [3.8, 4) is 0 Å². The van der Waals surface area contributed by atoms with Gasteiger partial charge in [-0.1, -0.05) is 74.0 Å². The zero-order valence-electron chi connectivity index (χ0n) is 18.5. The number of rotatable bonds is 8. The summed E-state index contributed by atoms with van der Waals surface area (Å²) in [5.74, 6) is -0.543. The highest BCUT2D eigenvalue weighted by Gasteiger charge is 2.64. The number of aliphatic hydroxyl groups is 1. The minimum absolute atomic E-state index is 0.105. The van der Waals surface area contributed by atoms with E-state index in [-0.39, 0.29) is 12.1 Å². The van der Waals surface area contributed by atoms with Crippen LogP contribution in [-0.4, -0.2) is 56.8 Å². The maximum Gasteiger partial charge on any atom is 0.321 e. The Morgan fingerprint density at radius 2 is 1.66 bits per heavy atom. The van der Waals surface area contributed by atoms with Gasteiger partial charge in [-0.2, -0.15) is 0 Å². The lowest BCUT2D eigenvalue weighted by Gasteiger charge is -2.38. The number of carbonyl (C=O) groups is 2. The molecule has 0 radical (unpaired) electrons. The molecule has 6 nitrogen and oxygen atoms in total. The van der Waals surface area contributed by atoms with Gasteiger partial charge in [0.05, 0.1) is 25.1 Å². The fraction of sp³-hybridized carbons (Fsp3) is 0.440. The summed E-state index contributed by atoms with van der Waals surface area (Å²) >= 11 is 1.38. The van der Waals surface area contributed by atoms with Gasteiger partial charge in [-0.25, -0.2) is 4.79 Å². The normalized spacial score (nSPS) is 25.7. The van der Waals surface area contributed by atoms with Crippen molar-refractivity contribution in [2.24, 2.45) is 5.92 Å². The summed E-state index contributed by atoms with van der Waals surface area (Å²) in [6, 6.07) is 18.9. The van der Waals surface area contributed by atoms with Crippen molar-refractivity contribution in [3.05, 3.63) is 71.8 Å². The molecule has 2 saturated heterocycles. The molecular weight excluding hydrogens is 424 g/mol. The molecule has 2 aliphatic heterocycles. The molecular formula is C25H30N2O4S. The van der Waals surface area contributed by atoms with E-state index in [1.165, 1.54) is 18.9 Å². The zero-order valence-corrected chi connectivity index (χ0v) is 19.3. The molecule has 2 amide bonds. The molecule has 2 aromatic carbocycles. The maximum absolute atomic E-state index is 13.7. The first-order valence-corrected chi connectivity index (χ1v) is 12.1. The number of esters is 1. The van der Waals surface area contributed by atoms with Crippen LogP contribution >= 0.6 is 11.8 Å². The smallest absolute Gasteiger partial charge is 0.321 e. The molecule has 0 aliphatic carbocycles. The Balaban J connectivity index is 1.71. The molecule has 4 rings (SSSR count). The molecule has 0 aromatic heterocycles. The second-order valence-electron chi connectivity index (χ2n) is 8.45. The molecule has 2 unspecified atom stereocenters. The van der Waals surface area contributed by atoms with Gasteiger partial charge in [-0.3, -0.25) is 4.79 Å². The Bertz CT molecular complexity index is 941. The van der Waals surface area contributed by atoms with Crippen molar-refractivity contribution < 1.29 is 19.4 Å². The van der Waals surface area contributed by atoms with Gasteiger partial charge in [-0.15, -0.1) is 11.8 Å². The first-order valence-electron chi connectivity index (χ1n) is 11.1. The van der Waals surface area contributed by atoms with Crippen LogP contribution in [0.1, 0.15) is 30.9 Å². The zero-order chi connectivity index (χ0) is 22.7. The predicted molar refractivity (Wildman–Crippen MR) is 125 cm³/mol. The highest BCUT2D eigenvalue weighted by atomic mass is 32.2. The van der Waals surface area contributed by atoms with Gasteiger partial charge in [0.15, 0.2) is 0 Å². The largest absolute Gasteiger partial charge is 0.469 e. The molecule has 4 atom stereocenters. The summed E-state index contributed by atoms with van der Waals surface area (Å²) in [6.07, 6.45) is 1.24. The van der Waals surface area contributed by atoms with Crippen LogP contribution in [0.15, 0.2) is 60.7 Å². The Labute approximate surface area is 193 Å². The minimum Gasteiger partial charge on any atom is -0.469 e. The van der Waals surface area contributed by atoms with Gasteiger partial charge in [0.25, 0.3) is 0 Å². The topological polar surface area (TPSA) is 70.1 Å². The average Bonchev–Trinajstić information content (AvgIpc) is 3.29. The molecule has 2 aliphatic rings. The van der Waals surface area contributed by atoms with Gasteiger partial charge >= 0.3 is 12.0 Å². The SMILES string of the molecule is CCCC(C(=O)OC)C1(O)SC[C@@H]2[C@H]1N(Cc1ccccc1)C(=O)N2Cc1ccccc1. The Hall–Kier alpha value is -2.51. The number of hydrogen-bond donors (Lipinski definition) is 1. The van der Waals surface area contributed by atoms with E-state index in [1.54, 1.807) is 4.90 Å². The standard InChI is InChI=1S/C25H30N2O4S/c1-3-10-20(23(28)31-2)25(30)22-21(17-32-25)26(15-18-11-6-4-7-12-18)24(29)27(22)16-19-13-8-5-9-14-19/h4-9,11-14,20-22,30H,3,10,15-17H2,1-2H3/t20?,21-,22-,25?/m1/s1. The summed E-state index contributed by atoms with van der Waals surface area (Å²) in [5.41, 5.74) is 2.03. The lowest BCUT2D eigenvalue weighted by Crippen LogP contribution is -2.55. The summed E-state index contributed by atoms with van der Waals surface area (Å²) in [5, 5.41) is 11.9. The number of amides is 2. The van der Waals surface area contributed by atoms with Crippen LogP contribution in [0.3, 0.4) is 0 Å². The van der Waals surface area contributed by atoms with Crippen LogP contribution in [0.25, 0.3) is 0 Å². The van der Waals surface area contributed by atoms with Gasteiger partial charge < -0.3 is 19.6 Å². The first kappa shape index (κ1) is 22.7. The lowest BCUT2D eigenvalue weighted by atomic mass is 9.88. The number of thioether (sulfide) groups is 1. The van der Waals surface area contributed by atoms with E-state index in [0.717, 1.165) is 17.5 Å². The highest BCUT2D eigenvalue weighted by molar-refractivity contribution is 8.00. The number of methoxy groups -OCH3 is 1. The predicted octanol–water partition coefficient (Wildman–Crippen LogP) is 3.89. The molecule has 32 heavy (non-hydrogen) atoms. The van der Waals surface area contributed by atoms with E-state index in [2.05, 4.69) is 0 Å². The molecule has 0 spiro atoms. The van der Waals surface area contributed by atoms with Gasteiger partial charge in [0.2, 0.25) is 0 Å². The summed E-state index contributed by atoms with van der Waals surface area (Å²) in [4.78, 5) is 28.6. The quantitative estimate of drug-likeness (QED) is 0.484. The Morgan fingerprint density at radius 1 is 1.09 bits per heavy atom. The summed E-state index contributed by atoms with van der Waals surface area (Å²) in [7, 11) is 1.36. The van der Waals surface area contributed by atoms with E-state index >= 15 is 0 Å². The van der Waals surface area contributed by atoms with Crippen molar-refractivity contribution in [1.29, 1.82) is 0 Å². The van der Waals surface area contributed by atoms with Crippen LogP contribution in [0.4, 0.5) is 4.79 Å². The number of hydrogen-bond acceptors (Lipinski definition) is 5. The third kappa shape index (κ3) is 4.11. The third-order valence-electron chi connectivity index (χ3n) is 6.45. The minimum atomic E-state index is -1.40. The van der Waals surface area contributed by atoms with Crippen molar-refractivity contribution >= 4 is 23.8 Å². The van der Waals surface area contributed by atoms with Crippen molar-refractivity contribution in [2.75, 3.05) is 12.9 Å². The Kier molecular flexibility index (Phi) is 6.76. The molecule has 2 fully saturated rings. The van der Waals surface area contributed by atoms with Gasteiger partial charge in [0.1, 0.15) is 4.93 Å². The number of carbonyl (C=O) groups excluding carboxylic acids is 2. The van der Waals surface area contributed by atoms with Crippen molar-refractivity contribution in [3.63, 3.8) is 0 Å². The lowest BCUT2D eigenvalue weighted by molar-refractivity contribution is -0.153. The first-order chi connectivity index (χ1) is 15.5. The van der Waals surface area contributed by atoms with Crippen LogP contribution in [0.5, 0.6) is 0 Å². The fourth-order valence-corrected chi connectivity index (χ4v) is 6.60. The third-order valence-corrected chi connectivity index (χ3v) is 7.95. The molecule has 0 bridgehead atoms. The highest BCUT2D eigenvalue weighted by Crippen LogP contribution is 2.51. The fourth-order valence-electron chi connectivity index (χ4n) is 4.93. The second-order valence-corrected chi connectivity index (χ2v) is 9.73. The van der Waals surface area contributed by atoms with Crippen LogP contribution < -0.4 is 0 Å². The molecule has 0 saturated carbocycles. The van der Waals surface area contributed by atoms with Crippen molar-refractivity contribution in [2.45, 2.75) is 49.9 Å². The number of fused-ring (bicyclic) bond motifs is 1. The van der Waals surface area contributed by atoms with E-state index < -0.39 is 22.9 Å². The summed E-state index contributed by atoms with van der Waals surface area (Å²) in [6.45, 7) is 2.84. The Morgan fingerprint density at radius 3 is 2.19 bits per heavy atom. The van der Waals surface area contributed by atoms with Crippen LogP contribution in [0, 0.1) is 5.92 Å². The molecule has 170 valence electrons. The van der Waals surface area contributed by atoms with E-state index in [0.29, 0.717) is 25.3 Å². The average molecular weight is 455 g/mol. The number of nitrogens with zero attached hydrogens (tertiary/aromatic N) is 2. The molecule has 2 heterocycles. The molecule has 2 aromatic rings. The monoisotopic (exact) mass is 454 g/mol. The number of benzene rings is 2. The maximum atomic E-state index is 13.7. The van der Waals surface area contributed by atoms with Crippen LogP contribution in [-0.2, 0) is 22.6 Å². The van der Waals surface area contributed by atoms with Crippen LogP contribution in [0.2, 0.25) is 0 Å². The van der Waals surface area contributed by atoms with E-state index in [4.69, 9.17) is 4.74 Å².